The maximum Gasteiger partial charge on any atom is 0.243 e. The van der Waals surface area contributed by atoms with Gasteiger partial charge >= 0.3 is 0 Å². The van der Waals surface area contributed by atoms with Crippen LogP contribution in [0.4, 0.5) is 0 Å². The molecule has 0 bridgehead atoms. The number of piperidine rings is 1. The maximum atomic E-state index is 12.7. The topological polar surface area (TPSA) is 88.2 Å². The third kappa shape index (κ3) is 6.82. The van der Waals surface area contributed by atoms with Gasteiger partial charge in [-0.15, -0.1) is 0 Å². The Morgan fingerprint density at radius 1 is 1.03 bits per heavy atom. The molecule has 0 aromatic heterocycles. The third-order valence-corrected chi connectivity index (χ3v) is 8.63. The number of sulfonamides is 1. The minimum atomic E-state index is -3.51. The molecule has 0 atom stereocenters. The Morgan fingerprint density at radius 2 is 1.71 bits per heavy atom. The Kier molecular flexibility index (Phi) is 8.78. The van der Waals surface area contributed by atoms with Crippen molar-refractivity contribution in [2.45, 2.75) is 31.2 Å². The van der Waals surface area contributed by atoms with Crippen LogP contribution < -0.4 is 10.1 Å². The number of nitrogens with zero attached hydrogens (tertiary/aromatic N) is 2. The molecule has 1 amide bonds. The van der Waals surface area contributed by atoms with Crippen molar-refractivity contribution in [3.8, 4) is 5.75 Å². The predicted octanol–water partition coefficient (Wildman–Crippen LogP) is 2.42. The van der Waals surface area contributed by atoms with Crippen LogP contribution in [0.15, 0.2) is 53.4 Å². The fraction of sp³-hybridized carbons (Fsp3) is 0.500. The zero-order valence-electron chi connectivity index (χ0n) is 20.3. The quantitative estimate of drug-likeness (QED) is 0.531. The van der Waals surface area contributed by atoms with Crippen molar-refractivity contribution >= 4 is 15.9 Å². The molecule has 2 aromatic carbocycles. The minimum Gasteiger partial charge on any atom is -0.492 e. The van der Waals surface area contributed by atoms with Crippen molar-refractivity contribution in [2.75, 3.05) is 52.5 Å². The Balaban J connectivity index is 1.16. The van der Waals surface area contributed by atoms with Gasteiger partial charge in [-0.1, -0.05) is 24.3 Å². The van der Waals surface area contributed by atoms with E-state index in [1.807, 2.05) is 0 Å². The molecule has 4 rings (SSSR count). The lowest BCUT2D eigenvalue weighted by molar-refractivity contribution is -0.126. The van der Waals surface area contributed by atoms with E-state index >= 15 is 0 Å². The molecule has 9 heteroatoms. The molecule has 0 aliphatic carbocycles. The second kappa shape index (κ2) is 12.0. The molecule has 190 valence electrons. The van der Waals surface area contributed by atoms with E-state index in [4.69, 9.17) is 9.47 Å². The molecule has 8 nitrogen and oxygen atoms in total. The van der Waals surface area contributed by atoms with Crippen LogP contribution in [0.3, 0.4) is 0 Å². The average molecular weight is 502 g/mol. The first-order valence-corrected chi connectivity index (χ1v) is 13.7. The normalized spacial score (nSPS) is 18.3. The van der Waals surface area contributed by atoms with Crippen LogP contribution in [-0.4, -0.2) is 76.1 Å². The van der Waals surface area contributed by atoms with Crippen LogP contribution in [0.5, 0.6) is 5.75 Å². The second-order valence-corrected chi connectivity index (χ2v) is 11.0. The molecule has 2 aliphatic rings. The summed E-state index contributed by atoms with van der Waals surface area (Å²) in [5, 5.41) is 2.98. The first kappa shape index (κ1) is 25.6. The van der Waals surface area contributed by atoms with Crippen molar-refractivity contribution in [2.24, 2.45) is 5.92 Å². The molecule has 2 aliphatic heterocycles. The summed E-state index contributed by atoms with van der Waals surface area (Å²) in [6.07, 6.45) is 1.72. The number of morpholine rings is 1. The molecule has 0 unspecified atom stereocenters. The van der Waals surface area contributed by atoms with Crippen molar-refractivity contribution in [3.63, 3.8) is 0 Å². The van der Waals surface area contributed by atoms with Gasteiger partial charge in [-0.05, 0) is 68.2 Å². The van der Waals surface area contributed by atoms with E-state index in [0.29, 0.717) is 45.2 Å². The highest BCUT2D eigenvalue weighted by atomic mass is 32.2. The Hall–Kier alpha value is -2.46. The minimum absolute atomic E-state index is 0.0350. The number of aryl methyl sites for hydroxylation is 1. The number of carbonyl (C=O) groups excluding carboxylic acids is 1. The van der Waals surface area contributed by atoms with Gasteiger partial charge in [0.15, 0.2) is 0 Å². The van der Waals surface area contributed by atoms with Crippen molar-refractivity contribution < 1.29 is 22.7 Å². The number of rotatable bonds is 9. The highest BCUT2D eigenvalue weighted by Crippen LogP contribution is 2.22. The van der Waals surface area contributed by atoms with E-state index in [1.165, 1.54) is 15.4 Å². The molecule has 2 saturated heterocycles. The molecule has 0 spiro atoms. The van der Waals surface area contributed by atoms with Crippen LogP contribution in [-0.2, 0) is 26.1 Å². The third-order valence-electron chi connectivity index (χ3n) is 6.72. The van der Waals surface area contributed by atoms with E-state index < -0.39 is 10.0 Å². The SMILES string of the molecule is Cc1ccccc1CN1CCC(C(=O)NCCOc2ccc(S(=O)(=O)N3CCOCC3)cc2)CC1. The number of nitrogens with one attached hydrogen (secondary N) is 1. The molecular weight excluding hydrogens is 466 g/mol. The van der Waals surface area contributed by atoms with E-state index in [9.17, 15) is 13.2 Å². The lowest BCUT2D eigenvalue weighted by Crippen LogP contribution is -2.41. The molecule has 1 N–H and O–H groups in total. The van der Waals surface area contributed by atoms with Crippen LogP contribution in [0.2, 0.25) is 0 Å². The van der Waals surface area contributed by atoms with Gasteiger partial charge in [0.2, 0.25) is 15.9 Å². The Bertz CT molecular complexity index is 1080. The second-order valence-electron chi connectivity index (χ2n) is 9.10. The van der Waals surface area contributed by atoms with Crippen molar-refractivity contribution in [1.29, 1.82) is 0 Å². The number of carbonyl (C=O) groups is 1. The first-order chi connectivity index (χ1) is 16.9. The molecular formula is C26H35N3O5S. The fourth-order valence-corrected chi connectivity index (χ4v) is 5.92. The van der Waals surface area contributed by atoms with Gasteiger partial charge in [-0.2, -0.15) is 4.31 Å². The lowest BCUT2D eigenvalue weighted by atomic mass is 9.95. The van der Waals surface area contributed by atoms with E-state index in [1.54, 1.807) is 24.3 Å². The summed E-state index contributed by atoms with van der Waals surface area (Å²) in [6.45, 7) is 7.21. The summed E-state index contributed by atoms with van der Waals surface area (Å²) in [7, 11) is -3.51. The fourth-order valence-electron chi connectivity index (χ4n) is 4.51. The predicted molar refractivity (Wildman–Crippen MR) is 134 cm³/mol. The molecule has 2 fully saturated rings. The summed E-state index contributed by atoms with van der Waals surface area (Å²) >= 11 is 0. The Labute approximate surface area is 208 Å². The Morgan fingerprint density at radius 3 is 2.40 bits per heavy atom. The summed E-state index contributed by atoms with van der Waals surface area (Å²) < 4.78 is 37.8. The number of ether oxygens (including phenoxy) is 2. The number of likely N-dealkylation sites (tertiary alicyclic amines) is 1. The lowest BCUT2D eigenvalue weighted by Gasteiger charge is -2.31. The van der Waals surface area contributed by atoms with Crippen LogP contribution in [0.1, 0.15) is 24.0 Å². The highest BCUT2D eigenvalue weighted by Gasteiger charge is 2.26. The van der Waals surface area contributed by atoms with Crippen molar-refractivity contribution in [1.82, 2.24) is 14.5 Å². The van der Waals surface area contributed by atoms with Crippen molar-refractivity contribution in [3.05, 3.63) is 59.7 Å². The summed E-state index contributed by atoms with van der Waals surface area (Å²) in [5.74, 6) is 0.689. The first-order valence-electron chi connectivity index (χ1n) is 12.3. The molecule has 35 heavy (non-hydrogen) atoms. The van der Waals surface area contributed by atoms with Gasteiger partial charge in [0.25, 0.3) is 0 Å². The smallest absolute Gasteiger partial charge is 0.243 e. The number of amides is 1. The summed E-state index contributed by atoms with van der Waals surface area (Å²) in [4.78, 5) is 15.2. The van der Waals surface area contributed by atoms with Gasteiger partial charge in [0, 0.05) is 25.6 Å². The molecule has 0 radical (unpaired) electrons. The van der Waals surface area contributed by atoms with E-state index in [0.717, 1.165) is 32.5 Å². The molecule has 2 aromatic rings. The summed E-state index contributed by atoms with van der Waals surface area (Å²) in [6, 6.07) is 14.9. The molecule has 2 heterocycles. The van der Waals surface area contributed by atoms with Gasteiger partial charge in [0.05, 0.1) is 24.7 Å². The van der Waals surface area contributed by atoms with E-state index in [2.05, 4.69) is 41.4 Å². The van der Waals surface area contributed by atoms with Gasteiger partial charge < -0.3 is 14.8 Å². The van der Waals surface area contributed by atoms with Crippen LogP contribution in [0, 0.1) is 12.8 Å². The maximum absolute atomic E-state index is 12.7. The van der Waals surface area contributed by atoms with E-state index in [-0.39, 0.29) is 16.7 Å². The van der Waals surface area contributed by atoms with Gasteiger partial charge in [-0.25, -0.2) is 8.42 Å². The molecule has 0 saturated carbocycles. The zero-order valence-corrected chi connectivity index (χ0v) is 21.1. The number of benzene rings is 2. The summed E-state index contributed by atoms with van der Waals surface area (Å²) in [5.41, 5.74) is 2.65. The highest BCUT2D eigenvalue weighted by molar-refractivity contribution is 7.89. The van der Waals surface area contributed by atoms with Gasteiger partial charge in [0.1, 0.15) is 12.4 Å². The zero-order chi connectivity index (χ0) is 24.7. The number of hydrogen-bond acceptors (Lipinski definition) is 6. The van der Waals surface area contributed by atoms with Crippen LogP contribution in [0.25, 0.3) is 0 Å². The van der Waals surface area contributed by atoms with Gasteiger partial charge in [-0.3, -0.25) is 9.69 Å². The van der Waals surface area contributed by atoms with Crippen LogP contribution >= 0.6 is 0 Å². The largest absolute Gasteiger partial charge is 0.492 e. The standard InChI is InChI=1S/C26H35N3O5S/c1-21-4-2-3-5-23(21)20-28-13-10-22(11-14-28)26(30)27-12-17-34-24-6-8-25(9-7-24)35(31,32)29-15-18-33-19-16-29/h2-9,22H,10-20H2,1H3,(H,27,30). The average Bonchev–Trinajstić information content (AvgIpc) is 2.89. The monoisotopic (exact) mass is 501 g/mol. The number of hydrogen-bond donors (Lipinski definition) is 1.